The van der Waals surface area contributed by atoms with Gasteiger partial charge in [0.05, 0.1) is 17.6 Å². The van der Waals surface area contributed by atoms with Crippen LogP contribution < -0.4 is 10.1 Å². The summed E-state index contributed by atoms with van der Waals surface area (Å²) in [6, 6.07) is 14.6. The highest BCUT2D eigenvalue weighted by Crippen LogP contribution is 2.31. The first-order chi connectivity index (χ1) is 13.5. The predicted molar refractivity (Wildman–Crippen MR) is 109 cm³/mol. The zero-order chi connectivity index (χ0) is 20.1. The average Bonchev–Trinajstić information content (AvgIpc) is 2.96. The number of nitrogens with zero attached hydrogens (tertiary/aromatic N) is 1. The molecule has 3 rings (SSSR count). The molecule has 1 aliphatic heterocycles. The number of aryl methyl sites for hydroxylation is 1. The van der Waals surface area contributed by atoms with Crippen LogP contribution in [0.5, 0.6) is 5.75 Å². The molecule has 28 heavy (non-hydrogen) atoms. The van der Waals surface area contributed by atoms with Crippen molar-refractivity contribution < 1.29 is 19.1 Å². The summed E-state index contributed by atoms with van der Waals surface area (Å²) in [4.78, 5) is 38.5. The summed E-state index contributed by atoms with van der Waals surface area (Å²) < 4.78 is 5.17. The number of thioether (sulfide) groups is 1. The summed E-state index contributed by atoms with van der Waals surface area (Å²) >= 11 is 0.908. The molecule has 144 valence electrons. The summed E-state index contributed by atoms with van der Waals surface area (Å²) in [7, 11) is 1.49. The number of hydrogen-bond acceptors (Lipinski definition) is 5. The molecule has 1 saturated heterocycles. The highest BCUT2D eigenvalue weighted by Gasteiger charge is 2.34. The molecule has 0 bridgehead atoms. The fourth-order valence-electron chi connectivity index (χ4n) is 2.72. The zero-order valence-corrected chi connectivity index (χ0v) is 16.4. The van der Waals surface area contributed by atoms with Gasteiger partial charge in [-0.1, -0.05) is 42.0 Å². The summed E-state index contributed by atoms with van der Waals surface area (Å²) in [6.07, 6.45) is 1.71. The molecule has 1 aliphatic rings. The zero-order valence-electron chi connectivity index (χ0n) is 15.6. The van der Waals surface area contributed by atoms with Crippen molar-refractivity contribution in [2.75, 3.05) is 20.2 Å². The van der Waals surface area contributed by atoms with E-state index < -0.39 is 0 Å². The van der Waals surface area contributed by atoms with E-state index in [1.54, 1.807) is 30.3 Å². The molecule has 2 aromatic carbocycles. The minimum absolute atomic E-state index is 0.108. The molecular formula is C21H20N2O4S. The van der Waals surface area contributed by atoms with Crippen molar-refractivity contribution >= 4 is 34.9 Å². The number of carbonyl (C=O) groups excluding carboxylic acids is 3. The lowest BCUT2D eigenvalue weighted by molar-refractivity contribution is -0.122. The fraction of sp³-hybridized carbons (Fsp3) is 0.190. The van der Waals surface area contributed by atoms with Crippen LogP contribution >= 0.6 is 11.8 Å². The number of carbonyl (C=O) groups is 3. The monoisotopic (exact) mass is 396 g/mol. The Morgan fingerprint density at radius 1 is 1.14 bits per heavy atom. The number of methoxy groups -OCH3 is 1. The second-order valence-corrected chi connectivity index (χ2v) is 7.19. The maximum absolute atomic E-state index is 12.5. The van der Waals surface area contributed by atoms with E-state index in [0.29, 0.717) is 16.2 Å². The van der Waals surface area contributed by atoms with Crippen LogP contribution in [0.4, 0.5) is 4.79 Å². The van der Waals surface area contributed by atoms with Crippen LogP contribution in [0.25, 0.3) is 6.08 Å². The molecule has 3 amide bonds. The number of nitrogens with one attached hydrogen (secondary N) is 1. The standard InChI is InChI=1S/C21H20N2O4S/c1-14-7-9-15(10-8-14)13-18-20(25)23(21(26)28-18)12-11-22-19(24)16-5-3-4-6-17(16)27-2/h3-10,13H,11-12H2,1-2H3,(H,22,24). The lowest BCUT2D eigenvalue weighted by Gasteiger charge is -2.13. The largest absolute Gasteiger partial charge is 0.496 e. The molecule has 0 aliphatic carbocycles. The highest BCUT2D eigenvalue weighted by atomic mass is 32.2. The quantitative estimate of drug-likeness (QED) is 0.757. The van der Waals surface area contributed by atoms with Crippen molar-refractivity contribution in [3.05, 3.63) is 70.1 Å². The Bertz CT molecular complexity index is 938. The van der Waals surface area contributed by atoms with E-state index in [1.165, 1.54) is 7.11 Å². The molecule has 0 radical (unpaired) electrons. The van der Waals surface area contributed by atoms with Gasteiger partial charge in [0.2, 0.25) is 0 Å². The Balaban J connectivity index is 1.60. The summed E-state index contributed by atoms with van der Waals surface area (Å²) in [5, 5.41) is 2.38. The topological polar surface area (TPSA) is 75.7 Å². The molecule has 1 N–H and O–H groups in total. The third-order valence-corrected chi connectivity index (χ3v) is 5.13. The van der Waals surface area contributed by atoms with Crippen LogP contribution in [-0.2, 0) is 4.79 Å². The molecule has 2 aromatic rings. The normalized spacial score (nSPS) is 15.2. The van der Waals surface area contributed by atoms with E-state index in [2.05, 4.69) is 5.32 Å². The smallest absolute Gasteiger partial charge is 0.293 e. The van der Waals surface area contributed by atoms with Crippen LogP contribution in [0.15, 0.2) is 53.4 Å². The number of ether oxygens (including phenoxy) is 1. The van der Waals surface area contributed by atoms with Gasteiger partial charge in [0.1, 0.15) is 5.75 Å². The molecule has 0 aromatic heterocycles. The van der Waals surface area contributed by atoms with Crippen LogP contribution in [0.3, 0.4) is 0 Å². The second kappa shape index (κ2) is 8.75. The van der Waals surface area contributed by atoms with E-state index in [9.17, 15) is 14.4 Å². The molecule has 0 unspecified atom stereocenters. The van der Waals surface area contributed by atoms with Crippen molar-refractivity contribution in [2.24, 2.45) is 0 Å². The Morgan fingerprint density at radius 3 is 2.57 bits per heavy atom. The number of para-hydroxylation sites is 1. The number of imide groups is 1. The van der Waals surface area contributed by atoms with E-state index in [0.717, 1.165) is 27.8 Å². The van der Waals surface area contributed by atoms with Crippen molar-refractivity contribution in [3.63, 3.8) is 0 Å². The number of hydrogen-bond donors (Lipinski definition) is 1. The Morgan fingerprint density at radius 2 is 1.86 bits per heavy atom. The molecule has 0 spiro atoms. The van der Waals surface area contributed by atoms with E-state index in [4.69, 9.17) is 4.74 Å². The molecule has 1 fully saturated rings. The van der Waals surface area contributed by atoms with Gasteiger partial charge in [-0.3, -0.25) is 19.3 Å². The maximum Gasteiger partial charge on any atom is 0.293 e. The van der Waals surface area contributed by atoms with E-state index >= 15 is 0 Å². The van der Waals surface area contributed by atoms with Gasteiger partial charge in [0.15, 0.2) is 0 Å². The SMILES string of the molecule is COc1ccccc1C(=O)NCCN1C(=O)SC(=Cc2ccc(C)cc2)C1=O. The molecule has 0 atom stereocenters. The predicted octanol–water partition coefficient (Wildman–Crippen LogP) is 3.47. The van der Waals surface area contributed by atoms with Gasteiger partial charge in [-0.25, -0.2) is 0 Å². The van der Waals surface area contributed by atoms with Crippen LogP contribution in [0.1, 0.15) is 21.5 Å². The minimum Gasteiger partial charge on any atom is -0.496 e. The van der Waals surface area contributed by atoms with Gasteiger partial charge >= 0.3 is 0 Å². The van der Waals surface area contributed by atoms with Crippen LogP contribution in [0.2, 0.25) is 0 Å². The lowest BCUT2D eigenvalue weighted by Crippen LogP contribution is -2.37. The van der Waals surface area contributed by atoms with E-state index in [-0.39, 0.29) is 30.1 Å². The molecule has 7 heteroatoms. The minimum atomic E-state index is -0.345. The van der Waals surface area contributed by atoms with Crippen molar-refractivity contribution in [2.45, 2.75) is 6.92 Å². The first-order valence-electron chi connectivity index (χ1n) is 8.73. The molecule has 1 heterocycles. The fourth-order valence-corrected chi connectivity index (χ4v) is 3.58. The number of amides is 3. The molecule has 6 nitrogen and oxygen atoms in total. The second-order valence-electron chi connectivity index (χ2n) is 6.20. The third-order valence-electron chi connectivity index (χ3n) is 4.22. The molecule has 0 saturated carbocycles. The van der Waals surface area contributed by atoms with Gasteiger partial charge in [0, 0.05) is 13.1 Å². The van der Waals surface area contributed by atoms with Gasteiger partial charge in [-0.2, -0.15) is 0 Å². The Kier molecular flexibility index (Phi) is 6.16. The van der Waals surface area contributed by atoms with Gasteiger partial charge in [0.25, 0.3) is 17.1 Å². The Labute approximate surface area is 167 Å². The Hall–Kier alpha value is -3.06. The first-order valence-corrected chi connectivity index (χ1v) is 9.54. The lowest BCUT2D eigenvalue weighted by atomic mass is 10.1. The summed E-state index contributed by atoms with van der Waals surface area (Å²) in [6.45, 7) is 2.25. The first kappa shape index (κ1) is 19.7. The highest BCUT2D eigenvalue weighted by molar-refractivity contribution is 8.18. The summed E-state index contributed by atoms with van der Waals surface area (Å²) in [5.41, 5.74) is 2.38. The number of benzene rings is 2. The van der Waals surface area contributed by atoms with Crippen molar-refractivity contribution in [3.8, 4) is 5.75 Å². The van der Waals surface area contributed by atoms with Crippen molar-refractivity contribution in [1.29, 1.82) is 0 Å². The third kappa shape index (κ3) is 4.43. The van der Waals surface area contributed by atoms with Crippen LogP contribution in [-0.4, -0.2) is 42.2 Å². The average molecular weight is 396 g/mol. The van der Waals surface area contributed by atoms with Crippen LogP contribution in [0, 0.1) is 6.92 Å². The van der Waals surface area contributed by atoms with Gasteiger partial charge in [-0.05, 0) is 42.5 Å². The van der Waals surface area contributed by atoms with Gasteiger partial charge < -0.3 is 10.1 Å². The molecular weight excluding hydrogens is 376 g/mol. The summed E-state index contributed by atoms with van der Waals surface area (Å²) in [5.74, 6) is -0.200. The van der Waals surface area contributed by atoms with Crippen molar-refractivity contribution in [1.82, 2.24) is 10.2 Å². The maximum atomic E-state index is 12.5. The van der Waals surface area contributed by atoms with E-state index in [1.807, 2.05) is 31.2 Å². The number of rotatable bonds is 6. The van der Waals surface area contributed by atoms with Gasteiger partial charge in [-0.15, -0.1) is 0 Å².